The Kier molecular flexibility index (Phi) is 6.44. The fraction of sp³-hybridized carbons (Fsp3) is 0.448. The predicted molar refractivity (Wildman–Crippen MR) is 148 cm³/mol. The molecule has 2 aromatic heterocycles. The maximum Gasteiger partial charge on any atom is 0.255 e. The van der Waals surface area contributed by atoms with Crippen LogP contribution in [0.15, 0.2) is 41.6 Å². The number of aromatic nitrogens is 2. The molecule has 39 heavy (non-hydrogen) atoms. The third kappa shape index (κ3) is 4.97. The van der Waals surface area contributed by atoms with E-state index in [4.69, 9.17) is 0 Å². The minimum atomic E-state index is -3.47. The van der Waals surface area contributed by atoms with Gasteiger partial charge in [0.2, 0.25) is 0 Å². The molecule has 1 aliphatic carbocycles. The summed E-state index contributed by atoms with van der Waals surface area (Å²) < 4.78 is 23.6. The van der Waals surface area contributed by atoms with E-state index in [2.05, 4.69) is 29.1 Å². The highest BCUT2D eigenvalue weighted by Crippen LogP contribution is 2.48. The highest BCUT2D eigenvalue weighted by molar-refractivity contribution is 7.90. The first-order valence-corrected chi connectivity index (χ1v) is 15.0. The van der Waals surface area contributed by atoms with E-state index in [1.165, 1.54) is 18.5 Å². The van der Waals surface area contributed by atoms with Crippen LogP contribution >= 0.6 is 0 Å². The molecule has 0 spiro atoms. The molecule has 9 nitrogen and oxygen atoms in total. The normalized spacial score (nSPS) is 19.1. The van der Waals surface area contributed by atoms with E-state index in [1.807, 2.05) is 26.0 Å². The molecule has 0 unspecified atom stereocenters. The SMILES string of the molecule is CC1(C)CC(C)(C)c2c([nH]c3ccc(C(=O)NC4CCN(C(=O)c5cncc(S(C)(=O)=O)c5)CC4)cc23)C1=O. The predicted octanol–water partition coefficient (Wildman–Crippen LogP) is 3.89. The van der Waals surface area contributed by atoms with Gasteiger partial charge in [-0.1, -0.05) is 27.7 Å². The summed E-state index contributed by atoms with van der Waals surface area (Å²) in [4.78, 5) is 48.2. The number of pyridine rings is 1. The van der Waals surface area contributed by atoms with E-state index < -0.39 is 15.3 Å². The van der Waals surface area contributed by atoms with Crippen LogP contribution in [0.2, 0.25) is 0 Å². The number of nitrogens with zero attached hydrogens (tertiary/aromatic N) is 2. The number of carbonyl (C=O) groups excluding carboxylic acids is 3. The van der Waals surface area contributed by atoms with Gasteiger partial charge in [-0.3, -0.25) is 19.4 Å². The molecule has 2 aliphatic rings. The van der Waals surface area contributed by atoms with Crippen molar-refractivity contribution >= 4 is 38.3 Å². The molecule has 206 valence electrons. The standard InChI is InChI=1S/C29H34N4O5S/c1-28(2)16-29(3,4)25(34)24-23(28)21-13-17(6-7-22(21)32-24)26(35)31-19-8-10-33(11-9-19)27(36)18-12-20(15-30-14-18)39(5,37)38/h6-7,12-15,19,32H,8-11,16H2,1-5H3,(H,31,35). The van der Waals surface area contributed by atoms with Crippen molar-refractivity contribution < 1.29 is 22.8 Å². The number of carbonyl (C=O) groups is 3. The van der Waals surface area contributed by atoms with Crippen molar-refractivity contribution in [3.8, 4) is 0 Å². The molecule has 0 saturated carbocycles. The number of aromatic amines is 1. The van der Waals surface area contributed by atoms with Crippen LogP contribution in [0.25, 0.3) is 10.9 Å². The number of rotatable bonds is 4. The van der Waals surface area contributed by atoms with Crippen molar-refractivity contribution in [1.82, 2.24) is 20.2 Å². The molecule has 0 radical (unpaired) electrons. The average molecular weight is 551 g/mol. The summed E-state index contributed by atoms with van der Waals surface area (Å²) in [6, 6.07) is 6.75. The molecule has 2 N–H and O–H groups in total. The molecule has 0 bridgehead atoms. The molecule has 5 rings (SSSR count). The Morgan fingerprint density at radius 1 is 1.03 bits per heavy atom. The van der Waals surface area contributed by atoms with E-state index in [0.717, 1.165) is 29.1 Å². The fourth-order valence-electron chi connectivity index (χ4n) is 6.24. The largest absolute Gasteiger partial charge is 0.352 e. The lowest BCUT2D eigenvalue weighted by Gasteiger charge is -2.39. The smallest absolute Gasteiger partial charge is 0.255 e. The zero-order chi connectivity index (χ0) is 28.3. The first-order valence-electron chi connectivity index (χ1n) is 13.1. The minimum Gasteiger partial charge on any atom is -0.352 e. The third-order valence-electron chi connectivity index (χ3n) is 7.97. The lowest BCUT2D eigenvalue weighted by molar-refractivity contribution is 0.0696. The number of fused-ring (bicyclic) bond motifs is 3. The Hall–Kier alpha value is -3.53. The van der Waals surface area contributed by atoms with Crippen LogP contribution in [0.3, 0.4) is 0 Å². The lowest BCUT2D eigenvalue weighted by Crippen LogP contribution is -2.46. The molecule has 0 atom stereocenters. The summed E-state index contributed by atoms with van der Waals surface area (Å²) in [5.74, 6) is -0.373. The Morgan fingerprint density at radius 3 is 2.38 bits per heavy atom. The van der Waals surface area contributed by atoms with Crippen LogP contribution in [0.4, 0.5) is 0 Å². The Morgan fingerprint density at radius 2 is 1.72 bits per heavy atom. The van der Waals surface area contributed by atoms with Gasteiger partial charge in [0.1, 0.15) is 0 Å². The van der Waals surface area contributed by atoms with Gasteiger partial charge >= 0.3 is 0 Å². The first-order chi connectivity index (χ1) is 18.2. The van der Waals surface area contributed by atoms with Gasteiger partial charge in [0.15, 0.2) is 15.6 Å². The Labute approximate surface area is 228 Å². The van der Waals surface area contributed by atoms with E-state index in [1.54, 1.807) is 11.0 Å². The second-order valence-electron chi connectivity index (χ2n) is 12.1. The van der Waals surface area contributed by atoms with Gasteiger partial charge in [-0.05, 0) is 54.5 Å². The molecule has 1 fully saturated rings. The Bertz CT molecular complexity index is 1610. The third-order valence-corrected chi connectivity index (χ3v) is 9.05. The maximum atomic E-state index is 13.2. The summed E-state index contributed by atoms with van der Waals surface area (Å²) in [5.41, 5.74) is 2.53. The molecular formula is C29H34N4O5S. The molecule has 10 heteroatoms. The first kappa shape index (κ1) is 27.1. The van der Waals surface area contributed by atoms with Gasteiger partial charge in [0.25, 0.3) is 11.8 Å². The topological polar surface area (TPSA) is 129 Å². The average Bonchev–Trinajstić information content (AvgIpc) is 3.26. The van der Waals surface area contributed by atoms with Crippen LogP contribution in [-0.2, 0) is 15.3 Å². The van der Waals surface area contributed by atoms with Crippen LogP contribution in [0.5, 0.6) is 0 Å². The van der Waals surface area contributed by atoms with E-state index in [0.29, 0.717) is 37.2 Å². The summed E-state index contributed by atoms with van der Waals surface area (Å²) in [6.45, 7) is 9.11. The van der Waals surface area contributed by atoms with Gasteiger partial charge in [-0.25, -0.2) is 8.42 Å². The molecule has 3 aromatic rings. The summed E-state index contributed by atoms with van der Waals surface area (Å²) in [6.07, 6.45) is 5.56. The van der Waals surface area contributed by atoms with Crippen molar-refractivity contribution in [1.29, 1.82) is 0 Å². The highest BCUT2D eigenvalue weighted by Gasteiger charge is 2.45. The van der Waals surface area contributed by atoms with Crippen LogP contribution in [-0.4, -0.2) is 66.3 Å². The van der Waals surface area contributed by atoms with Crippen LogP contribution < -0.4 is 5.32 Å². The van der Waals surface area contributed by atoms with Crippen molar-refractivity contribution in [3.05, 3.63) is 59.0 Å². The summed E-state index contributed by atoms with van der Waals surface area (Å²) in [7, 11) is -3.47. The number of sulfone groups is 1. The molecule has 3 heterocycles. The number of nitrogens with one attached hydrogen (secondary N) is 2. The number of amides is 2. The quantitative estimate of drug-likeness (QED) is 0.507. The number of hydrogen-bond acceptors (Lipinski definition) is 6. The number of Topliss-reactive ketones (excluding diaryl/α,β-unsaturated/α-hetero) is 1. The number of H-pyrrole nitrogens is 1. The number of piperidine rings is 1. The van der Waals surface area contributed by atoms with Crippen molar-refractivity contribution in [3.63, 3.8) is 0 Å². The van der Waals surface area contributed by atoms with Crippen LogP contribution in [0.1, 0.15) is 83.7 Å². The molecule has 1 aliphatic heterocycles. The van der Waals surface area contributed by atoms with Crippen LogP contribution in [0, 0.1) is 5.41 Å². The van der Waals surface area contributed by atoms with Crippen molar-refractivity contribution in [2.75, 3.05) is 19.3 Å². The number of likely N-dealkylation sites (tertiary alicyclic amines) is 1. The van der Waals surface area contributed by atoms with Gasteiger partial charge in [0.05, 0.1) is 16.2 Å². The molecular weight excluding hydrogens is 516 g/mol. The molecule has 1 saturated heterocycles. The second-order valence-corrected chi connectivity index (χ2v) is 14.1. The van der Waals surface area contributed by atoms with Crippen molar-refractivity contribution in [2.45, 2.75) is 63.3 Å². The Balaban J connectivity index is 1.28. The molecule has 2 amide bonds. The zero-order valence-corrected chi connectivity index (χ0v) is 23.7. The van der Waals surface area contributed by atoms with Gasteiger partial charge in [-0.15, -0.1) is 0 Å². The minimum absolute atomic E-state index is 0.00706. The second kappa shape index (κ2) is 9.29. The van der Waals surface area contributed by atoms with Gasteiger partial charge in [0, 0.05) is 59.7 Å². The zero-order valence-electron chi connectivity index (χ0n) is 22.9. The number of hydrogen-bond donors (Lipinski definition) is 2. The highest BCUT2D eigenvalue weighted by atomic mass is 32.2. The van der Waals surface area contributed by atoms with Gasteiger partial charge < -0.3 is 15.2 Å². The summed E-state index contributed by atoms with van der Waals surface area (Å²) in [5, 5.41) is 4.00. The fourth-order valence-corrected chi connectivity index (χ4v) is 6.83. The number of benzene rings is 1. The van der Waals surface area contributed by atoms with E-state index >= 15 is 0 Å². The van der Waals surface area contributed by atoms with E-state index in [9.17, 15) is 22.8 Å². The molecule has 1 aromatic carbocycles. The lowest BCUT2D eigenvalue weighted by atomic mass is 9.63. The monoisotopic (exact) mass is 550 g/mol. The van der Waals surface area contributed by atoms with Crippen molar-refractivity contribution in [2.24, 2.45) is 5.41 Å². The maximum absolute atomic E-state index is 13.2. The van der Waals surface area contributed by atoms with Gasteiger partial charge in [-0.2, -0.15) is 0 Å². The number of ketones is 1. The summed E-state index contributed by atoms with van der Waals surface area (Å²) >= 11 is 0. The van der Waals surface area contributed by atoms with E-state index in [-0.39, 0.29) is 39.5 Å².